The van der Waals surface area contributed by atoms with Crippen LogP contribution in [0.3, 0.4) is 0 Å². The highest BCUT2D eigenvalue weighted by Gasteiger charge is 2.53. The van der Waals surface area contributed by atoms with E-state index in [1.807, 2.05) is 24.3 Å². The summed E-state index contributed by atoms with van der Waals surface area (Å²) < 4.78 is 5.80. The highest BCUT2D eigenvalue weighted by Crippen LogP contribution is 2.51. The van der Waals surface area contributed by atoms with Gasteiger partial charge in [-0.3, -0.25) is 4.79 Å². The number of carbonyl (C=O) groups excluding carboxylic acids is 1. The lowest BCUT2D eigenvalue weighted by Crippen LogP contribution is -2.39. The maximum Gasteiger partial charge on any atom is 0.295 e. The van der Waals surface area contributed by atoms with Crippen molar-refractivity contribution in [3.63, 3.8) is 0 Å². The number of rotatable bonds is 6. The number of para-hydroxylation sites is 2. The SMILES string of the molecule is Cc1cccc(-c2ccc(C)cc2C(=O)N2CC3CC3C2CCNc2nc3ccccc3o2)c1. The lowest BCUT2D eigenvalue weighted by Gasteiger charge is -2.29. The molecule has 6 rings (SSSR count). The number of amides is 1. The van der Waals surface area contributed by atoms with E-state index < -0.39 is 0 Å². The predicted molar refractivity (Wildman–Crippen MR) is 135 cm³/mol. The van der Waals surface area contributed by atoms with Crippen molar-refractivity contribution in [2.24, 2.45) is 11.8 Å². The van der Waals surface area contributed by atoms with Crippen LogP contribution in [0.2, 0.25) is 0 Å². The molecule has 1 saturated carbocycles. The second-order valence-electron chi connectivity index (χ2n) is 9.81. The van der Waals surface area contributed by atoms with Gasteiger partial charge in [0.25, 0.3) is 11.9 Å². The van der Waals surface area contributed by atoms with Crippen LogP contribution in [0.15, 0.2) is 71.1 Å². The first kappa shape index (κ1) is 21.0. The van der Waals surface area contributed by atoms with Gasteiger partial charge < -0.3 is 14.6 Å². The number of hydrogen-bond donors (Lipinski definition) is 1. The Kier molecular flexibility index (Phi) is 5.13. The van der Waals surface area contributed by atoms with E-state index in [4.69, 9.17) is 4.42 Å². The highest BCUT2D eigenvalue weighted by atomic mass is 16.4. The molecule has 1 aliphatic heterocycles. The molecule has 3 aromatic carbocycles. The molecule has 2 aliphatic rings. The van der Waals surface area contributed by atoms with Crippen LogP contribution < -0.4 is 5.32 Å². The zero-order chi connectivity index (χ0) is 23.2. The number of fused-ring (bicyclic) bond motifs is 2. The molecule has 0 spiro atoms. The van der Waals surface area contributed by atoms with Crippen LogP contribution in [-0.2, 0) is 0 Å². The maximum absolute atomic E-state index is 13.9. The van der Waals surface area contributed by atoms with Crippen molar-refractivity contribution in [3.8, 4) is 11.1 Å². The van der Waals surface area contributed by atoms with Crippen LogP contribution in [0.4, 0.5) is 6.01 Å². The molecule has 34 heavy (non-hydrogen) atoms. The Labute approximate surface area is 199 Å². The quantitative estimate of drug-likeness (QED) is 0.386. The van der Waals surface area contributed by atoms with E-state index in [2.05, 4.69) is 71.5 Å². The number of anilines is 1. The molecule has 172 valence electrons. The van der Waals surface area contributed by atoms with Gasteiger partial charge in [-0.05, 0) is 67.9 Å². The van der Waals surface area contributed by atoms with Crippen molar-refractivity contribution in [2.45, 2.75) is 32.7 Å². The van der Waals surface area contributed by atoms with Gasteiger partial charge >= 0.3 is 0 Å². The summed E-state index contributed by atoms with van der Waals surface area (Å²) in [4.78, 5) is 20.5. The monoisotopic (exact) mass is 451 g/mol. The van der Waals surface area contributed by atoms with E-state index in [1.54, 1.807) is 0 Å². The van der Waals surface area contributed by atoms with E-state index in [-0.39, 0.29) is 11.9 Å². The van der Waals surface area contributed by atoms with Crippen LogP contribution >= 0.6 is 0 Å². The minimum Gasteiger partial charge on any atom is -0.424 e. The molecule has 2 fully saturated rings. The Balaban J connectivity index is 1.21. The van der Waals surface area contributed by atoms with Crippen molar-refractivity contribution in [1.29, 1.82) is 0 Å². The van der Waals surface area contributed by atoms with E-state index in [0.29, 0.717) is 17.9 Å². The van der Waals surface area contributed by atoms with Gasteiger partial charge in [0.05, 0.1) is 0 Å². The minimum absolute atomic E-state index is 0.152. The second kappa shape index (κ2) is 8.32. The Morgan fingerprint density at radius 3 is 2.76 bits per heavy atom. The highest BCUT2D eigenvalue weighted by molar-refractivity contribution is 6.01. The molecule has 1 N–H and O–H groups in total. The first-order chi connectivity index (χ1) is 16.6. The van der Waals surface area contributed by atoms with E-state index in [0.717, 1.165) is 52.9 Å². The molecule has 3 atom stereocenters. The third-order valence-electron chi connectivity index (χ3n) is 7.31. The zero-order valence-corrected chi connectivity index (χ0v) is 19.6. The molecule has 5 heteroatoms. The van der Waals surface area contributed by atoms with E-state index >= 15 is 0 Å². The number of oxazole rings is 1. The molecular formula is C29H29N3O2. The van der Waals surface area contributed by atoms with Crippen LogP contribution in [-0.4, -0.2) is 34.9 Å². The fraction of sp³-hybridized carbons (Fsp3) is 0.310. The molecule has 4 aromatic rings. The number of nitrogens with one attached hydrogen (secondary N) is 1. The Hall–Kier alpha value is -3.60. The number of likely N-dealkylation sites (tertiary alicyclic amines) is 1. The third-order valence-corrected chi connectivity index (χ3v) is 7.31. The van der Waals surface area contributed by atoms with Gasteiger partial charge in [-0.1, -0.05) is 59.7 Å². The average Bonchev–Trinajstić information content (AvgIpc) is 3.33. The van der Waals surface area contributed by atoms with Crippen LogP contribution in [0, 0.1) is 25.7 Å². The zero-order valence-electron chi connectivity index (χ0n) is 19.6. The van der Waals surface area contributed by atoms with Gasteiger partial charge in [0, 0.05) is 24.7 Å². The molecule has 0 radical (unpaired) electrons. The smallest absolute Gasteiger partial charge is 0.295 e. The molecule has 2 heterocycles. The molecule has 1 saturated heterocycles. The Morgan fingerprint density at radius 2 is 1.91 bits per heavy atom. The summed E-state index contributed by atoms with van der Waals surface area (Å²) in [6, 6.07) is 23.2. The number of aryl methyl sites for hydroxylation is 2. The number of carbonyl (C=O) groups is 1. The van der Waals surface area contributed by atoms with Crippen molar-refractivity contribution in [3.05, 3.63) is 83.4 Å². The van der Waals surface area contributed by atoms with Crippen LogP contribution in [0.25, 0.3) is 22.2 Å². The summed E-state index contributed by atoms with van der Waals surface area (Å²) >= 11 is 0. The standard InChI is InChI=1S/C29H29N3O2/c1-18-6-5-7-20(14-18)22-11-10-19(2)15-24(22)28(33)32-17-21-16-23(21)26(32)12-13-30-29-31-25-8-3-4-9-27(25)34-29/h3-11,14-15,21,23,26H,12-13,16-17H2,1-2H3,(H,30,31). The number of hydrogen-bond acceptors (Lipinski definition) is 4. The second-order valence-corrected chi connectivity index (χ2v) is 9.81. The summed E-state index contributed by atoms with van der Waals surface area (Å²) in [5, 5.41) is 3.34. The van der Waals surface area contributed by atoms with Gasteiger partial charge in [0.15, 0.2) is 5.58 Å². The van der Waals surface area contributed by atoms with Crippen LogP contribution in [0.1, 0.15) is 34.3 Å². The fourth-order valence-corrected chi connectivity index (χ4v) is 5.50. The van der Waals surface area contributed by atoms with Gasteiger partial charge in [-0.15, -0.1) is 0 Å². The number of aromatic nitrogens is 1. The first-order valence-corrected chi connectivity index (χ1v) is 12.1. The summed E-state index contributed by atoms with van der Waals surface area (Å²) in [5.74, 6) is 1.41. The Morgan fingerprint density at radius 1 is 1.06 bits per heavy atom. The lowest BCUT2D eigenvalue weighted by molar-refractivity contribution is 0.0702. The molecule has 5 nitrogen and oxygen atoms in total. The van der Waals surface area contributed by atoms with E-state index in [1.165, 1.54) is 12.0 Å². The van der Waals surface area contributed by atoms with Crippen molar-refractivity contribution in [2.75, 3.05) is 18.4 Å². The van der Waals surface area contributed by atoms with Gasteiger partial charge in [-0.25, -0.2) is 0 Å². The van der Waals surface area contributed by atoms with Gasteiger partial charge in [0.2, 0.25) is 0 Å². The van der Waals surface area contributed by atoms with Gasteiger partial charge in [0.1, 0.15) is 5.52 Å². The molecule has 0 bridgehead atoms. The summed E-state index contributed by atoms with van der Waals surface area (Å²) in [6.45, 7) is 5.73. The molecule has 1 aliphatic carbocycles. The molecule has 3 unspecified atom stereocenters. The minimum atomic E-state index is 0.152. The van der Waals surface area contributed by atoms with Crippen molar-refractivity contribution < 1.29 is 9.21 Å². The average molecular weight is 452 g/mol. The maximum atomic E-state index is 13.9. The summed E-state index contributed by atoms with van der Waals surface area (Å²) in [6.07, 6.45) is 2.12. The molecular weight excluding hydrogens is 422 g/mol. The summed E-state index contributed by atoms with van der Waals surface area (Å²) in [5.41, 5.74) is 6.87. The normalized spacial score (nSPS) is 21.0. The number of nitrogens with zero attached hydrogens (tertiary/aromatic N) is 2. The van der Waals surface area contributed by atoms with Crippen LogP contribution in [0.5, 0.6) is 0 Å². The topological polar surface area (TPSA) is 58.4 Å². The largest absolute Gasteiger partial charge is 0.424 e. The number of benzene rings is 3. The van der Waals surface area contributed by atoms with E-state index in [9.17, 15) is 4.79 Å². The van der Waals surface area contributed by atoms with Gasteiger partial charge in [-0.2, -0.15) is 4.98 Å². The Bertz CT molecular complexity index is 1340. The number of piperidine rings is 1. The summed E-state index contributed by atoms with van der Waals surface area (Å²) in [7, 11) is 0. The first-order valence-electron chi connectivity index (χ1n) is 12.1. The lowest BCUT2D eigenvalue weighted by atomic mass is 9.95. The predicted octanol–water partition coefficient (Wildman–Crippen LogP) is 6.07. The third kappa shape index (κ3) is 3.85. The van der Waals surface area contributed by atoms with Crippen molar-refractivity contribution in [1.82, 2.24) is 9.88 Å². The fourth-order valence-electron chi connectivity index (χ4n) is 5.50. The molecule has 1 aromatic heterocycles. The van der Waals surface area contributed by atoms with Crippen molar-refractivity contribution >= 4 is 23.0 Å². The molecule has 1 amide bonds.